The van der Waals surface area contributed by atoms with Gasteiger partial charge in [-0.05, 0) is 45.0 Å². The van der Waals surface area contributed by atoms with Crippen molar-refractivity contribution < 1.29 is 17.4 Å². The van der Waals surface area contributed by atoms with Crippen LogP contribution in [0.15, 0.2) is 56.5 Å². The summed E-state index contributed by atoms with van der Waals surface area (Å²) in [5.74, 6) is 0.815. The minimum Gasteiger partial charge on any atom is -0.467 e. The van der Waals surface area contributed by atoms with Crippen molar-refractivity contribution in [3.63, 3.8) is 0 Å². The average molecular weight is 346 g/mol. The molecule has 0 unspecified atom stereocenters. The lowest BCUT2D eigenvalue weighted by molar-refractivity contribution is 0.390. The topological polar surface area (TPSA) is 76.6 Å². The lowest BCUT2D eigenvalue weighted by Gasteiger charge is -2.23. The zero-order chi connectivity index (χ0) is 17.3. The van der Waals surface area contributed by atoms with E-state index in [9.17, 15) is 8.42 Å². The molecule has 0 fully saturated rings. The number of aromatic nitrogens is 1. The summed E-state index contributed by atoms with van der Waals surface area (Å²) in [5.41, 5.74) is 1.94. The summed E-state index contributed by atoms with van der Waals surface area (Å²) in [6.07, 6.45) is 1.52. The number of rotatable bonds is 5. The van der Waals surface area contributed by atoms with Crippen LogP contribution in [-0.4, -0.2) is 13.6 Å². The Kier molecular flexibility index (Phi) is 4.19. The second kappa shape index (κ2) is 6.16. The molecule has 3 aromatic rings. The molecule has 0 saturated carbocycles. The number of hydrogen-bond donors (Lipinski definition) is 0. The Morgan fingerprint density at radius 2 is 1.79 bits per heavy atom. The molecule has 0 spiro atoms. The summed E-state index contributed by atoms with van der Waals surface area (Å²) in [6.45, 7) is 5.24. The molecule has 1 aromatic carbocycles. The second-order valence-corrected chi connectivity index (χ2v) is 7.38. The normalized spacial score (nSPS) is 11.6. The fourth-order valence-corrected chi connectivity index (χ4v) is 4.25. The van der Waals surface area contributed by atoms with Gasteiger partial charge < -0.3 is 8.94 Å². The van der Waals surface area contributed by atoms with E-state index >= 15 is 0 Å². The fourth-order valence-electron chi connectivity index (χ4n) is 2.52. The first-order valence-electron chi connectivity index (χ1n) is 7.44. The van der Waals surface area contributed by atoms with Gasteiger partial charge in [0.1, 0.15) is 11.5 Å². The van der Waals surface area contributed by atoms with Crippen molar-refractivity contribution in [3.05, 3.63) is 65.4 Å². The van der Waals surface area contributed by atoms with Crippen LogP contribution in [-0.2, 0) is 16.6 Å². The van der Waals surface area contributed by atoms with Gasteiger partial charge in [-0.25, -0.2) is 8.42 Å². The lowest BCUT2D eigenvalue weighted by Crippen LogP contribution is -2.31. The predicted molar refractivity (Wildman–Crippen MR) is 89.2 cm³/mol. The predicted octanol–water partition coefficient (Wildman–Crippen LogP) is 3.59. The lowest BCUT2D eigenvalue weighted by atomic mass is 10.2. The molecule has 0 aliphatic rings. The van der Waals surface area contributed by atoms with E-state index in [1.165, 1.54) is 10.6 Å². The Balaban J connectivity index is 2.11. The van der Waals surface area contributed by atoms with Gasteiger partial charge >= 0.3 is 0 Å². The molecule has 0 saturated heterocycles. The van der Waals surface area contributed by atoms with Gasteiger partial charge in [0.15, 0.2) is 10.7 Å². The Morgan fingerprint density at radius 1 is 1.08 bits per heavy atom. The highest BCUT2D eigenvalue weighted by molar-refractivity contribution is 7.92. The van der Waals surface area contributed by atoms with Crippen molar-refractivity contribution in [1.82, 2.24) is 5.16 Å². The first-order chi connectivity index (χ1) is 11.4. The highest BCUT2D eigenvalue weighted by atomic mass is 32.2. The highest BCUT2D eigenvalue weighted by Crippen LogP contribution is 2.29. The molecule has 7 heteroatoms. The monoisotopic (exact) mass is 346 g/mol. The minimum atomic E-state index is -3.84. The maximum atomic E-state index is 13.2. The van der Waals surface area contributed by atoms with Crippen molar-refractivity contribution in [2.75, 3.05) is 4.31 Å². The van der Waals surface area contributed by atoms with Crippen molar-refractivity contribution in [3.8, 4) is 0 Å². The third kappa shape index (κ3) is 2.94. The molecule has 0 aliphatic heterocycles. The van der Waals surface area contributed by atoms with Gasteiger partial charge in [-0.15, -0.1) is 0 Å². The third-order valence-corrected chi connectivity index (χ3v) is 5.74. The van der Waals surface area contributed by atoms with Crippen LogP contribution in [0.1, 0.15) is 22.8 Å². The van der Waals surface area contributed by atoms with E-state index in [4.69, 9.17) is 8.94 Å². The van der Waals surface area contributed by atoms with Crippen LogP contribution in [0.3, 0.4) is 0 Å². The van der Waals surface area contributed by atoms with E-state index in [1.54, 1.807) is 38.1 Å². The van der Waals surface area contributed by atoms with Crippen molar-refractivity contribution >= 4 is 15.7 Å². The molecule has 3 rings (SSSR count). The molecule has 0 amide bonds. The number of anilines is 1. The van der Waals surface area contributed by atoms with Crippen LogP contribution < -0.4 is 4.31 Å². The van der Waals surface area contributed by atoms with Crippen LogP contribution in [0.5, 0.6) is 0 Å². The van der Waals surface area contributed by atoms with Crippen LogP contribution in [0, 0.1) is 20.8 Å². The average Bonchev–Trinajstić information content (AvgIpc) is 3.16. The number of aryl methyl sites for hydroxylation is 3. The molecular formula is C17H18N2O4S. The number of sulfonamides is 1. The number of nitrogens with zero attached hydrogens (tertiary/aromatic N) is 2. The summed E-state index contributed by atoms with van der Waals surface area (Å²) in [6, 6.07) is 10.7. The van der Waals surface area contributed by atoms with Crippen molar-refractivity contribution in [2.45, 2.75) is 32.2 Å². The van der Waals surface area contributed by atoms with E-state index in [0.717, 1.165) is 5.56 Å². The summed E-state index contributed by atoms with van der Waals surface area (Å²) >= 11 is 0. The molecule has 24 heavy (non-hydrogen) atoms. The molecular weight excluding hydrogens is 328 g/mol. The van der Waals surface area contributed by atoms with E-state index in [1.807, 2.05) is 19.1 Å². The summed E-state index contributed by atoms with van der Waals surface area (Å²) in [4.78, 5) is 0.0923. The van der Waals surface area contributed by atoms with Gasteiger partial charge in [-0.1, -0.05) is 22.9 Å². The van der Waals surface area contributed by atoms with Gasteiger partial charge in [-0.3, -0.25) is 4.31 Å². The molecule has 2 heterocycles. The van der Waals surface area contributed by atoms with Gasteiger partial charge in [-0.2, -0.15) is 0 Å². The molecule has 0 N–H and O–H groups in total. The molecule has 0 bridgehead atoms. The van der Waals surface area contributed by atoms with E-state index in [0.29, 0.717) is 17.1 Å². The first-order valence-corrected chi connectivity index (χ1v) is 8.88. The van der Waals surface area contributed by atoms with E-state index in [2.05, 4.69) is 5.16 Å². The minimum absolute atomic E-state index is 0.0858. The van der Waals surface area contributed by atoms with E-state index in [-0.39, 0.29) is 17.2 Å². The highest BCUT2D eigenvalue weighted by Gasteiger charge is 2.32. The molecule has 2 aromatic heterocycles. The maximum Gasteiger partial charge on any atom is 0.270 e. The van der Waals surface area contributed by atoms with Gasteiger partial charge in [0.2, 0.25) is 0 Å². The third-order valence-electron chi connectivity index (χ3n) is 3.72. The largest absolute Gasteiger partial charge is 0.467 e. The van der Waals surface area contributed by atoms with Crippen molar-refractivity contribution in [2.24, 2.45) is 0 Å². The summed E-state index contributed by atoms with van der Waals surface area (Å²) < 4.78 is 38.1. The first kappa shape index (κ1) is 16.3. The number of hydrogen-bond acceptors (Lipinski definition) is 5. The van der Waals surface area contributed by atoms with Crippen LogP contribution >= 0.6 is 0 Å². The smallest absolute Gasteiger partial charge is 0.270 e. The Morgan fingerprint density at radius 3 is 2.33 bits per heavy atom. The van der Waals surface area contributed by atoms with Crippen molar-refractivity contribution in [1.29, 1.82) is 0 Å². The Labute approximate surface area is 140 Å². The fraction of sp³-hybridized carbons (Fsp3) is 0.235. The standard InChI is InChI=1S/C17H18N2O4S/c1-12-6-8-15(9-7-12)19(11-16-5-4-10-22-16)24(20,21)17-13(2)18-23-14(17)3/h4-10H,11H2,1-3H3. The molecule has 126 valence electrons. The van der Waals surface area contributed by atoms with E-state index < -0.39 is 10.0 Å². The van der Waals surface area contributed by atoms with Gasteiger partial charge in [0, 0.05) is 0 Å². The zero-order valence-electron chi connectivity index (χ0n) is 13.7. The maximum absolute atomic E-state index is 13.2. The van der Waals surface area contributed by atoms with Crippen LogP contribution in [0.2, 0.25) is 0 Å². The zero-order valence-corrected chi connectivity index (χ0v) is 14.5. The Hall–Kier alpha value is -2.54. The molecule has 0 radical (unpaired) electrons. The Bertz CT molecular complexity index is 906. The van der Waals surface area contributed by atoms with Crippen LogP contribution in [0.4, 0.5) is 5.69 Å². The molecule has 6 nitrogen and oxygen atoms in total. The quantitative estimate of drug-likeness (QED) is 0.705. The SMILES string of the molecule is Cc1ccc(N(Cc2ccco2)S(=O)(=O)c2c(C)noc2C)cc1. The van der Waals surface area contributed by atoms with Gasteiger partial charge in [0.25, 0.3) is 10.0 Å². The number of furan rings is 1. The second-order valence-electron chi connectivity index (χ2n) is 5.58. The molecule has 0 atom stereocenters. The summed E-state index contributed by atoms with van der Waals surface area (Å²) in [7, 11) is -3.84. The van der Waals surface area contributed by atoms with Gasteiger partial charge in [0.05, 0.1) is 18.5 Å². The number of benzene rings is 1. The molecule has 0 aliphatic carbocycles. The summed E-state index contributed by atoms with van der Waals surface area (Å²) in [5, 5.41) is 3.77. The van der Waals surface area contributed by atoms with Crippen LogP contribution in [0.25, 0.3) is 0 Å².